The number of pyridine rings is 1. The van der Waals surface area contributed by atoms with Gasteiger partial charge in [-0.15, -0.1) is 0 Å². The molecule has 3 heterocycles. The fourth-order valence-electron chi connectivity index (χ4n) is 10.8. The molecule has 0 atom stereocenters. The molecule has 11 aromatic rings. The first-order valence-electron chi connectivity index (χ1n) is 24.4. The minimum atomic E-state index is -0.404. The van der Waals surface area contributed by atoms with Gasteiger partial charge in [0.2, 0.25) is 0 Å². The SMILES string of the molecule is CC(C)(c1ccccc1)c1ccnc(-n2c3ccccc3c3ccc(C(C)(C)c4cc(-c5ccccc5)cc(N5CN(c6c(-c7ccccc7)cccc6-c6ccccc6)c6ccccc65)c4)cc32)c1. The summed E-state index contributed by atoms with van der Waals surface area (Å²) in [5, 5.41) is 2.43. The Hall–Kier alpha value is -8.47. The van der Waals surface area contributed by atoms with E-state index in [-0.39, 0.29) is 5.41 Å². The molecule has 0 amide bonds. The summed E-state index contributed by atoms with van der Waals surface area (Å²) in [5.74, 6) is 0.914. The van der Waals surface area contributed by atoms with Gasteiger partial charge in [-0.1, -0.05) is 216 Å². The number of hydrogen-bond donors (Lipinski definition) is 0. The first kappa shape index (κ1) is 42.9. The molecule has 0 spiro atoms. The van der Waals surface area contributed by atoms with Crippen molar-refractivity contribution in [3.05, 3.63) is 265 Å². The van der Waals surface area contributed by atoms with Gasteiger partial charge in [0.25, 0.3) is 0 Å². The second-order valence-electron chi connectivity index (χ2n) is 19.7. The van der Waals surface area contributed by atoms with Gasteiger partial charge in [-0.05, 0) is 93.0 Å². The smallest absolute Gasteiger partial charge is 0.137 e. The number of aromatic nitrogens is 2. The van der Waals surface area contributed by atoms with Crippen LogP contribution in [0.25, 0.3) is 61.0 Å². The first-order chi connectivity index (χ1) is 34.2. The highest BCUT2D eigenvalue weighted by Crippen LogP contribution is 2.51. The van der Waals surface area contributed by atoms with Crippen LogP contribution in [0.2, 0.25) is 0 Å². The molecule has 0 saturated carbocycles. The normalized spacial score (nSPS) is 12.7. The summed E-state index contributed by atoms with van der Waals surface area (Å²) in [6.45, 7) is 10.00. The van der Waals surface area contributed by atoms with Crippen LogP contribution in [0.1, 0.15) is 49.9 Å². The van der Waals surface area contributed by atoms with E-state index >= 15 is 0 Å². The van der Waals surface area contributed by atoms with E-state index in [1.54, 1.807) is 0 Å². The van der Waals surface area contributed by atoms with Crippen molar-refractivity contribution in [3.8, 4) is 39.2 Å². The molecule has 0 N–H and O–H groups in total. The number of nitrogens with zero attached hydrogens (tertiary/aromatic N) is 4. The molecule has 0 unspecified atom stereocenters. The molecule has 0 fully saturated rings. The van der Waals surface area contributed by atoms with E-state index in [0.29, 0.717) is 6.67 Å². The van der Waals surface area contributed by atoms with Crippen LogP contribution < -0.4 is 9.80 Å². The second-order valence-corrected chi connectivity index (χ2v) is 19.7. The number of rotatable bonds is 10. The van der Waals surface area contributed by atoms with Gasteiger partial charge in [-0.3, -0.25) is 4.57 Å². The molecule has 4 heteroatoms. The van der Waals surface area contributed by atoms with Crippen molar-refractivity contribution < 1.29 is 0 Å². The fourth-order valence-corrected chi connectivity index (χ4v) is 10.8. The van der Waals surface area contributed by atoms with Crippen molar-refractivity contribution in [2.24, 2.45) is 0 Å². The van der Waals surface area contributed by atoms with Gasteiger partial charge in [-0.2, -0.15) is 0 Å². The van der Waals surface area contributed by atoms with Gasteiger partial charge in [0.15, 0.2) is 0 Å². The van der Waals surface area contributed by atoms with Gasteiger partial charge >= 0.3 is 0 Å². The van der Waals surface area contributed by atoms with Crippen LogP contribution in [0.15, 0.2) is 243 Å². The Labute approximate surface area is 411 Å². The lowest BCUT2D eigenvalue weighted by atomic mass is 9.76. The molecule has 0 radical (unpaired) electrons. The lowest BCUT2D eigenvalue weighted by Gasteiger charge is -2.30. The summed E-state index contributed by atoms with van der Waals surface area (Å²) >= 11 is 0. The lowest BCUT2D eigenvalue weighted by Crippen LogP contribution is -2.26. The fraction of sp³-hybridized carbons (Fsp3) is 0.106. The molecule has 1 aliphatic heterocycles. The van der Waals surface area contributed by atoms with Crippen LogP contribution in [0.3, 0.4) is 0 Å². The lowest BCUT2D eigenvalue weighted by molar-refractivity contribution is 0.638. The largest absolute Gasteiger partial charge is 0.321 e. The van der Waals surface area contributed by atoms with Crippen molar-refractivity contribution in [2.45, 2.75) is 38.5 Å². The summed E-state index contributed by atoms with van der Waals surface area (Å²) in [5.41, 5.74) is 18.5. The van der Waals surface area contributed by atoms with Crippen molar-refractivity contribution >= 4 is 44.6 Å². The van der Waals surface area contributed by atoms with Crippen molar-refractivity contribution in [1.29, 1.82) is 0 Å². The maximum absolute atomic E-state index is 5.09. The van der Waals surface area contributed by atoms with Crippen molar-refractivity contribution in [1.82, 2.24) is 9.55 Å². The van der Waals surface area contributed by atoms with Gasteiger partial charge in [-0.25, -0.2) is 4.98 Å². The van der Waals surface area contributed by atoms with Gasteiger partial charge < -0.3 is 9.80 Å². The first-order valence-corrected chi connectivity index (χ1v) is 24.4. The third kappa shape index (κ3) is 7.35. The highest BCUT2D eigenvalue weighted by Gasteiger charge is 2.33. The Morgan fingerprint density at radius 1 is 0.371 bits per heavy atom. The number of anilines is 4. The number of fused-ring (bicyclic) bond motifs is 4. The van der Waals surface area contributed by atoms with Gasteiger partial charge in [0, 0.05) is 44.6 Å². The molecule has 0 bridgehead atoms. The third-order valence-electron chi connectivity index (χ3n) is 14.9. The van der Waals surface area contributed by atoms with Gasteiger partial charge in [0.1, 0.15) is 12.5 Å². The van der Waals surface area contributed by atoms with Crippen LogP contribution in [0, 0.1) is 0 Å². The average molecular weight is 903 g/mol. The number of para-hydroxylation sites is 4. The van der Waals surface area contributed by atoms with Crippen molar-refractivity contribution in [3.63, 3.8) is 0 Å². The summed E-state index contributed by atoms with van der Waals surface area (Å²) in [4.78, 5) is 10.1. The number of benzene rings is 9. The maximum atomic E-state index is 5.09. The molecule has 12 rings (SSSR count). The van der Waals surface area contributed by atoms with E-state index in [1.807, 2.05) is 6.20 Å². The van der Waals surface area contributed by atoms with Crippen LogP contribution >= 0.6 is 0 Å². The minimum Gasteiger partial charge on any atom is -0.321 e. The Bertz CT molecular complexity index is 3630. The highest BCUT2D eigenvalue weighted by molar-refractivity contribution is 6.09. The number of hydrogen-bond acceptors (Lipinski definition) is 3. The standard InChI is InChI=1S/C66H54N4/c1-65(2,50-28-15-8-16-29-50)52-38-39-67-63(44-52)70-59-33-18-17-30-57(59)58-37-36-51(43-62(58)70)66(3,4)53-40-49(46-22-9-5-10-23-46)41-54(42-53)68-45-69(61-35-20-19-34-60(61)68)64-55(47-24-11-6-12-25-47)31-21-32-56(64)48-26-13-7-14-27-48/h5-44H,45H2,1-4H3. The van der Waals surface area contributed by atoms with Crippen molar-refractivity contribution in [2.75, 3.05) is 16.5 Å². The quantitative estimate of drug-likeness (QED) is 0.137. The molecule has 4 nitrogen and oxygen atoms in total. The van der Waals surface area contributed by atoms with Crippen LogP contribution in [0.5, 0.6) is 0 Å². The molecule has 0 saturated heterocycles. The zero-order valence-corrected chi connectivity index (χ0v) is 40.1. The maximum Gasteiger partial charge on any atom is 0.137 e. The summed E-state index contributed by atoms with van der Waals surface area (Å²) < 4.78 is 2.37. The summed E-state index contributed by atoms with van der Waals surface area (Å²) in [7, 11) is 0. The molecule has 70 heavy (non-hydrogen) atoms. The molecular weight excluding hydrogens is 849 g/mol. The van der Waals surface area contributed by atoms with Crippen LogP contribution in [0.4, 0.5) is 22.7 Å². The summed E-state index contributed by atoms with van der Waals surface area (Å²) in [6, 6.07) is 86.4. The monoisotopic (exact) mass is 902 g/mol. The van der Waals surface area contributed by atoms with E-state index in [1.165, 1.54) is 83.5 Å². The Morgan fingerprint density at radius 2 is 0.914 bits per heavy atom. The molecule has 9 aromatic carbocycles. The van der Waals surface area contributed by atoms with Crippen LogP contribution in [-0.2, 0) is 10.8 Å². The second kappa shape index (κ2) is 17.2. The zero-order chi connectivity index (χ0) is 47.4. The highest BCUT2D eigenvalue weighted by atomic mass is 15.4. The predicted molar refractivity (Wildman–Crippen MR) is 294 cm³/mol. The Kier molecular flexibility index (Phi) is 10.6. The van der Waals surface area contributed by atoms with E-state index < -0.39 is 5.41 Å². The zero-order valence-electron chi connectivity index (χ0n) is 40.1. The molecule has 2 aromatic heterocycles. The molecule has 1 aliphatic rings. The topological polar surface area (TPSA) is 24.3 Å². The predicted octanol–water partition coefficient (Wildman–Crippen LogP) is 17.1. The minimum absolute atomic E-state index is 0.214. The van der Waals surface area contributed by atoms with Gasteiger partial charge in [0.05, 0.1) is 28.1 Å². The van der Waals surface area contributed by atoms with E-state index in [2.05, 4.69) is 279 Å². The third-order valence-corrected chi connectivity index (χ3v) is 14.9. The summed E-state index contributed by atoms with van der Waals surface area (Å²) in [6.07, 6.45) is 1.97. The molecule has 338 valence electrons. The van der Waals surface area contributed by atoms with E-state index in [4.69, 9.17) is 4.98 Å². The van der Waals surface area contributed by atoms with Crippen LogP contribution in [-0.4, -0.2) is 16.2 Å². The van der Waals surface area contributed by atoms with E-state index in [0.717, 1.165) is 22.5 Å². The van der Waals surface area contributed by atoms with E-state index in [9.17, 15) is 0 Å². The molecular formula is C66H54N4. The Balaban J connectivity index is 1.00. The average Bonchev–Trinajstić information content (AvgIpc) is 3.97. The molecule has 0 aliphatic carbocycles. The Morgan fingerprint density at radius 3 is 1.59 bits per heavy atom.